The molecule has 124 valence electrons. The molecule has 0 fully saturated rings. The van der Waals surface area contributed by atoms with Crippen LogP contribution in [0.5, 0.6) is 0 Å². The van der Waals surface area contributed by atoms with Crippen molar-refractivity contribution in [2.24, 2.45) is 0 Å². The highest BCUT2D eigenvalue weighted by atomic mass is 17.5. The van der Waals surface area contributed by atoms with E-state index in [1.165, 1.54) is 0 Å². The molecular weight excluding hydrogens is 288 g/mol. The predicted octanol–water partition coefficient (Wildman–Crippen LogP) is 2.64. The van der Waals surface area contributed by atoms with E-state index < -0.39 is 12.3 Å². The summed E-state index contributed by atoms with van der Waals surface area (Å²) in [4.78, 5) is 28.8. The average molecular weight is 310 g/mol. The predicted molar refractivity (Wildman–Crippen MR) is 68.1 cm³/mol. The van der Waals surface area contributed by atoms with Gasteiger partial charge in [-0.15, -0.1) is 0 Å². The van der Waals surface area contributed by atoms with Crippen molar-refractivity contribution in [2.45, 2.75) is 45.8 Å². The molecule has 1 N–H and O–H groups in total. The molecule has 0 heterocycles. The lowest BCUT2D eigenvalue weighted by Crippen LogP contribution is -2.17. The van der Waals surface area contributed by atoms with Gasteiger partial charge in [-0.05, 0) is 38.1 Å². The average Bonchev–Trinajstić information content (AvgIpc) is 2.41. The van der Waals surface area contributed by atoms with Crippen LogP contribution in [0.4, 0.5) is 9.59 Å². The highest BCUT2D eigenvalue weighted by Crippen LogP contribution is 2.08. The zero-order valence-corrected chi connectivity index (χ0v) is 12.2. The fourth-order valence-corrected chi connectivity index (χ4v) is 1.41. The first-order valence-corrected chi connectivity index (χ1v) is 6.74. The van der Waals surface area contributed by atoms with Crippen LogP contribution in [0.3, 0.4) is 0 Å². The van der Waals surface area contributed by atoms with E-state index in [0.29, 0.717) is 19.6 Å². The van der Waals surface area contributed by atoms with Gasteiger partial charge in [0.05, 0.1) is 6.61 Å². The van der Waals surface area contributed by atoms with E-state index in [9.17, 15) is 9.59 Å². The standard InChI is InChI=1S/C12H22O9/c1-3-16-10(17-4-2)8-6-5-7-9-18-21-20-12(15)19-11(13)14/h10H,3-9H2,1-2H3,(H,13,14). The summed E-state index contributed by atoms with van der Waals surface area (Å²) >= 11 is 0. The third-order valence-corrected chi connectivity index (χ3v) is 2.19. The van der Waals surface area contributed by atoms with Crippen LogP contribution in [0.2, 0.25) is 0 Å². The Bertz CT molecular complexity index is 276. The number of rotatable bonds is 12. The van der Waals surface area contributed by atoms with Crippen molar-refractivity contribution < 1.29 is 43.7 Å². The number of unbranched alkanes of at least 4 members (excludes halogenated alkanes) is 2. The molecule has 9 nitrogen and oxygen atoms in total. The Morgan fingerprint density at radius 1 is 1.05 bits per heavy atom. The molecule has 0 aliphatic heterocycles. The molecule has 0 unspecified atom stereocenters. The van der Waals surface area contributed by atoms with Crippen LogP contribution >= 0.6 is 0 Å². The van der Waals surface area contributed by atoms with Crippen LogP contribution in [-0.4, -0.2) is 43.5 Å². The monoisotopic (exact) mass is 310 g/mol. The molecule has 0 saturated carbocycles. The molecule has 0 rings (SSSR count). The molecule has 0 aromatic heterocycles. The Morgan fingerprint density at radius 3 is 2.29 bits per heavy atom. The van der Waals surface area contributed by atoms with Gasteiger partial charge in [0.2, 0.25) is 0 Å². The Kier molecular flexibility index (Phi) is 12.6. The van der Waals surface area contributed by atoms with Gasteiger partial charge < -0.3 is 19.3 Å². The van der Waals surface area contributed by atoms with Gasteiger partial charge in [-0.3, -0.25) is 0 Å². The fourth-order valence-electron chi connectivity index (χ4n) is 1.41. The highest BCUT2D eigenvalue weighted by molar-refractivity contribution is 5.75. The molecule has 0 aliphatic carbocycles. The van der Waals surface area contributed by atoms with Crippen molar-refractivity contribution in [3.63, 3.8) is 0 Å². The minimum absolute atomic E-state index is 0.189. The van der Waals surface area contributed by atoms with Crippen LogP contribution in [0, 0.1) is 0 Å². The van der Waals surface area contributed by atoms with Crippen molar-refractivity contribution in [3.05, 3.63) is 0 Å². The van der Waals surface area contributed by atoms with Crippen LogP contribution in [0.25, 0.3) is 0 Å². The molecule has 0 aromatic rings. The maximum Gasteiger partial charge on any atom is 0.553 e. The van der Waals surface area contributed by atoms with Gasteiger partial charge in [-0.1, -0.05) is 6.42 Å². The minimum Gasteiger partial charge on any atom is -0.449 e. The van der Waals surface area contributed by atoms with Crippen molar-refractivity contribution in [1.29, 1.82) is 0 Å². The summed E-state index contributed by atoms with van der Waals surface area (Å²) in [6, 6.07) is 0. The van der Waals surface area contributed by atoms with E-state index in [1.807, 2.05) is 13.8 Å². The third-order valence-electron chi connectivity index (χ3n) is 2.19. The SMILES string of the molecule is CCOC(CCCCCOOOC(=O)OC(=O)O)OCC. The summed E-state index contributed by atoms with van der Waals surface area (Å²) in [5.74, 6) is 0. The third kappa shape index (κ3) is 13.3. The molecule has 0 radical (unpaired) electrons. The first-order valence-electron chi connectivity index (χ1n) is 6.74. The van der Waals surface area contributed by atoms with Gasteiger partial charge in [-0.25, -0.2) is 9.68 Å². The number of carbonyl (C=O) groups excluding carboxylic acids is 1. The molecule has 9 heteroatoms. The number of hydrogen-bond donors (Lipinski definition) is 1. The summed E-state index contributed by atoms with van der Waals surface area (Å²) in [5.41, 5.74) is 0. The molecule has 0 saturated heterocycles. The van der Waals surface area contributed by atoms with Crippen LogP contribution < -0.4 is 0 Å². The van der Waals surface area contributed by atoms with E-state index in [-0.39, 0.29) is 12.9 Å². The summed E-state index contributed by atoms with van der Waals surface area (Å²) in [7, 11) is 0. The molecule has 0 amide bonds. The van der Waals surface area contributed by atoms with Gasteiger partial charge in [-0.2, -0.15) is 9.68 Å². The maximum absolute atomic E-state index is 10.5. The quantitative estimate of drug-likeness (QED) is 0.145. The van der Waals surface area contributed by atoms with Crippen LogP contribution in [0.1, 0.15) is 39.5 Å². The van der Waals surface area contributed by atoms with Gasteiger partial charge in [0.15, 0.2) is 6.29 Å². The zero-order chi connectivity index (χ0) is 15.9. The normalized spacial score (nSPS) is 10.6. The van der Waals surface area contributed by atoms with Crippen molar-refractivity contribution in [2.75, 3.05) is 19.8 Å². The Labute approximate surface area is 122 Å². The van der Waals surface area contributed by atoms with E-state index in [4.69, 9.17) is 14.6 Å². The molecule has 0 aromatic carbocycles. The summed E-state index contributed by atoms with van der Waals surface area (Å²) in [6.07, 6.45) is -0.311. The summed E-state index contributed by atoms with van der Waals surface area (Å²) in [6.45, 7) is 5.21. The van der Waals surface area contributed by atoms with Gasteiger partial charge in [0, 0.05) is 13.2 Å². The second-order valence-corrected chi connectivity index (χ2v) is 3.78. The van der Waals surface area contributed by atoms with Crippen LogP contribution in [-0.2, 0) is 29.0 Å². The lowest BCUT2D eigenvalue weighted by atomic mass is 10.2. The van der Waals surface area contributed by atoms with E-state index in [0.717, 1.165) is 19.3 Å². The first-order chi connectivity index (χ1) is 10.1. The van der Waals surface area contributed by atoms with Crippen molar-refractivity contribution >= 4 is 12.3 Å². The number of hydrogen-bond acceptors (Lipinski definition) is 8. The maximum atomic E-state index is 10.5. The summed E-state index contributed by atoms with van der Waals surface area (Å²) in [5, 5.41) is 12.1. The van der Waals surface area contributed by atoms with Crippen LogP contribution in [0.15, 0.2) is 0 Å². The second kappa shape index (κ2) is 13.6. The van der Waals surface area contributed by atoms with Crippen molar-refractivity contribution in [1.82, 2.24) is 0 Å². The zero-order valence-electron chi connectivity index (χ0n) is 12.2. The number of ether oxygens (including phenoxy) is 3. The topological polar surface area (TPSA) is 110 Å². The van der Waals surface area contributed by atoms with E-state index in [2.05, 4.69) is 19.6 Å². The Balaban J connectivity index is 3.39. The first kappa shape index (κ1) is 19.6. The Morgan fingerprint density at radius 2 is 1.71 bits per heavy atom. The molecule has 21 heavy (non-hydrogen) atoms. The largest absolute Gasteiger partial charge is 0.553 e. The fraction of sp³-hybridized carbons (Fsp3) is 0.833. The van der Waals surface area contributed by atoms with Gasteiger partial charge in [0.1, 0.15) is 0 Å². The van der Waals surface area contributed by atoms with E-state index in [1.54, 1.807) is 0 Å². The number of carboxylic acid groups (broad SMARTS) is 1. The smallest absolute Gasteiger partial charge is 0.449 e. The second-order valence-electron chi connectivity index (χ2n) is 3.78. The summed E-state index contributed by atoms with van der Waals surface area (Å²) < 4.78 is 14.4. The molecule has 0 bridgehead atoms. The molecule has 0 spiro atoms. The molecule has 0 atom stereocenters. The Hall–Kier alpha value is -1.42. The van der Waals surface area contributed by atoms with Crippen molar-refractivity contribution in [3.8, 4) is 0 Å². The molecule has 0 aliphatic rings. The van der Waals surface area contributed by atoms with Gasteiger partial charge in [0.25, 0.3) is 0 Å². The highest BCUT2D eigenvalue weighted by Gasteiger charge is 2.11. The van der Waals surface area contributed by atoms with E-state index >= 15 is 0 Å². The lowest BCUT2D eigenvalue weighted by Gasteiger charge is -2.16. The minimum atomic E-state index is -1.79. The number of carbonyl (C=O) groups is 2. The molecular formula is C12H22O9. The van der Waals surface area contributed by atoms with Gasteiger partial charge >= 0.3 is 12.3 Å². The lowest BCUT2D eigenvalue weighted by molar-refractivity contribution is -0.485.